The van der Waals surface area contributed by atoms with Crippen molar-refractivity contribution in [1.82, 2.24) is 5.32 Å². The van der Waals surface area contributed by atoms with Crippen molar-refractivity contribution in [2.75, 3.05) is 6.54 Å². The highest BCUT2D eigenvalue weighted by molar-refractivity contribution is 5.49. The molecule has 0 aliphatic carbocycles. The molecule has 1 heterocycles. The Morgan fingerprint density at radius 2 is 2.00 bits per heavy atom. The highest BCUT2D eigenvalue weighted by Gasteiger charge is 2.07. The Balaban J connectivity index is 1.93. The molecule has 1 atom stereocenters. The maximum Gasteiger partial charge on any atom is 0.0253 e. The highest BCUT2D eigenvalue weighted by Crippen LogP contribution is 2.10. The predicted octanol–water partition coefficient (Wildman–Crippen LogP) is 2.84. The van der Waals surface area contributed by atoms with E-state index in [1.807, 2.05) is 0 Å². The minimum atomic E-state index is 0.587. The first-order chi connectivity index (χ1) is 6.95. The Bertz CT molecular complexity index is 283. The molecule has 1 nitrogen and oxygen atoms in total. The topological polar surface area (TPSA) is 12.0 Å². The molecule has 1 aromatic rings. The van der Waals surface area contributed by atoms with E-state index in [0.717, 1.165) is 0 Å². The van der Waals surface area contributed by atoms with Gasteiger partial charge in [0.2, 0.25) is 0 Å². The largest absolute Gasteiger partial charge is 0.311 e. The number of piperidine rings is 1. The van der Waals surface area contributed by atoms with Crippen molar-refractivity contribution in [3.8, 4) is 0 Å². The Kier molecular flexibility index (Phi) is 3.36. The van der Waals surface area contributed by atoms with E-state index in [4.69, 9.17) is 0 Å². The van der Waals surface area contributed by atoms with Crippen molar-refractivity contribution >= 4 is 6.08 Å². The summed E-state index contributed by atoms with van der Waals surface area (Å²) < 4.78 is 0. The second-order valence-electron chi connectivity index (χ2n) is 3.83. The Morgan fingerprint density at radius 3 is 2.71 bits per heavy atom. The second kappa shape index (κ2) is 4.97. The van der Waals surface area contributed by atoms with Gasteiger partial charge in [0.1, 0.15) is 0 Å². The van der Waals surface area contributed by atoms with Gasteiger partial charge in [0, 0.05) is 6.04 Å². The maximum atomic E-state index is 3.50. The molecule has 0 aromatic heterocycles. The van der Waals surface area contributed by atoms with Gasteiger partial charge in [-0.3, -0.25) is 0 Å². The summed E-state index contributed by atoms with van der Waals surface area (Å²) in [6, 6.07) is 11.1. The van der Waals surface area contributed by atoms with Crippen LogP contribution in [0.1, 0.15) is 24.8 Å². The Hall–Kier alpha value is -1.08. The Morgan fingerprint density at radius 1 is 1.14 bits per heavy atom. The van der Waals surface area contributed by atoms with Crippen LogP contribution in [0, 0.1) is 0 Å². The molecule has 74 valence electrons. The molecule has 1 fully saturated rings. The van der Waals surface area contributed by atoms with E-state index in [0.29, 0.717) is 6.04 Å². The number of hydrogen-bond donors (Lipinski definition) is 1. The molecule has 1 aromatic carbocycles. The second-order valence-corrected chi connectivity index (χ2v) is 3.83. The van der Waals surface area contributed by atoms with Gasteiger partial charge in [-0.25, -0.2) is 0 Å². The normalized spacial score (nSPS) is 22.7. The van der Waals surface area contributed by atoms with Crippen LogP contribution in [0.3, 0.4) is 0 Å². The van der Waals surface area contributed by atoms with Crippen molar-refractivity contribution in [2.45, 2.75) is 25.3 Å². The van der Waals surface area contributed by atoms with Gasteiger partial charge in [-0.15, -0.1) is 0 Å². The molecule has 1 aliphatic heterocycles. The predicted molar refractivity (Wildman–Crippen MR) is 61.1 cm³/mol. The summed E-state index contributed by atoms with van der Waals surface area (Å²) in [6.45, 7) is 1.17. The fourth-order valence-corrected chi connectivity index (χ4v) is 1.83. The van der Waals surface area contributed by atoms with Crippen LogP contribution in [0.2, 0.25) is 0 Å². The molecule has 0 bridgehead atoms. The molecule has 14 heavy (non-hydrogen) atoms. The van der Waals surface area contributed by atoms with E-state index >= 15 is 0 Å². The average Bonchev–Trinajstić information content (AvgIpc) is 2.29. The molecule has 0 spiro atoms. The van der Waals surface area contributed by atoms with Crippen LogP contribution in [0.4, 0.5) is 0 Å². The van der Waals surface area contributed by atoms with E-state index in [2.05, 4.69) is 47.8 Å². The van der Waals surface area contributed by atoms with Crippen molar-refractivity contribution in [3.05, 3.63) is 42.0 Å². The fraction of sp³-hybridized carbons (Fsp3) is 0.385. The molecule has 1 N–H and O–H groups in total. The van der Waals surface area contributed by atoms with Gasteiger partial charge in [0.05, 0.1) is 0 Å². The number of nitrogens with one attached hydrogen (secondary N) is 1. The zero-order valence-corrected chi connectivity index (χ0v) is 8.45. The van der Waals surface area contributed by atoms with Gasteiger partial charge >= 0.3 is 0 Å². The third kappa shape index (κ3) is 2.71. The summed E-state index contributed by atoms with van der Waals surface area (Å²) in [7, 11) is 0. The number of hydrogen-bond acceptors (Lipinski definition) is 1. The van der Waals surface area contributed by atoms with Crippen LogP contribution < -0.4 is 5.32 Å². The summed E-state index contributed by atoms with van der Waals surface area (Å²) in [5.41, 5.74) is 1.29. The standard InChI is InChI=1S/C13H17N/c1-2-6-12(7-3-1)9-10-13-8-4-5-11-14-13/h1-3,6-7,9-10,13-14H,4-5,8,11H2/b10-9+. The first kappa shape index (κ1) is 9.47. The molecule has 1 unspecified atom stereocenters. The minimum absolute atomic E-state index is 0.587. The first-order valence-electron chi connectivity index (χ1n) is 5.42. The van der Waals surface area contributed by atoms with Crippen LogP contribution in [-0.4, -0.2) is 12.6 Å². The molecular formula is C13H17N. The van der Waals surface area contributed by atoms with Gasteiger partial charge in [-0.05, 0) is 24.9 Å². The number of benzene rings is 1. The van der Waals surface area contributed by atoms with E-state index in [9.17, 15) is 0 Å². The fourth-order valence-electron chi connectivity index (χ4n) is 1.83. The molecule has 0 saturated carbocycles. The summed E-state index contributed by atoms with van der Waals surface area (Å²) in [5.74, 6) is 0. The lowest BCUT2D eigenvalue weighted by atomic mass is 10.0. The molecule has 2 rings (SSSR count). The van der Waals surface area contributed by atoms with Gasteiger partial charge in [0.25, 0.3) is 0 Å². The zero-order chi connectivity index (χ0) is 9.64. The van der Waals surface area contributed by atoms with E-state index in [1.165, 1.54) is 31.4 Å². The minimum Gasteiger partial charge on any atom is -0.311 e. The molecule has 1 aliphatic rings. The van der Waals surface area contributed by atoms with Crippen LogP contribution in [0.5, 0.6) is 0 Å². The monoisotopic (exact) mass is 187 g/mol. The highest BCUT2D eigenvalue weighted by atomic mass is 14.9. The molecular weight excluding hydrogens is 170 g/mol. The van der Waals surface area contributed by atoms with Crippen LogP contribution >= 0.6 is 0 Å². The quantitative estimate of drug-likeness (QED) is 0.750. The lowest BCUT2D eigenvalue weighted by Crippen LogP contribution is -2.31. The maximum absolute atomic E-state index is 3.50. The van der Waals surface area contributed by atoms with Crippen LogP contribution in [0.25, 0.3) is 6.08 Å². The van der Waals surface area contributed by atoms with Crippen molar-refractivity contribution in [1.29, 1.82) is 0 Å². The number of rotatable bonds is 2. The SMILES string of the molecule is C(=C\C1CCCCN1)/c1ccccc1. The molecule has 1 saturated heterocycles. The summed E-state index contributed by atoms with van der Waals surface area (Å²) >= 11 is 0. The third-order valence-electron chi connectivity index (χ3n) is 2.67. The summed E-state index contributed by atoms with van der Waals surface area (Å²) in [4.78, 5) is 0. The zero-order valence-electron chi connectivity index (χ0n) is 8.45. The van der Waals surface area contributed by atoms with Crippen molar-refractivity contribution < 1.29 is 0 Å². The average molecular weight is 187 g/mol. The third-order valence-corrected chi connectivity index (χ3v) is 2.67. The Labute approximate surface area is 85.8 Å². The molecule has 0 amide bonds. The lowest BCUT2D eigenvalue weighted by Gasteiger charge is -2.19. The van der Waals surface area contributed by atoms with Crippen molar-refractivity contribution in [2.24, 2.45) is 0 Å². The van der Waals surface area contributed by atoms with Crippen LogP contribution in [0.15, 0.2) is 36.4 Å². The smallest absolute Gasteiger partial charge is 0.0253 e. The van der Waals surface area contributed by atoms with E-state index in [-0.39, 0.29) is 0 Å². The van der Waals surface area contributed by atoms with E-state index in [1.54, 1.807) is 0 Å². The molecule has 1 heteroatoms. The van der Waals surface area contributed by atoms with Crippen LogP contribution in [-0.2, 0) is 0 Å². The van der Waals surface area contributed by atoms with Crippen molar-refractivity contribution in [3.63, 3.8) is 0 Å². The van der Waals surface area contributed by atoms with E-state index < -0.39 is 0 Å². The molecule has 0 radical (unpaired) electrons. The lowest BCUT2D eigenvalue weighted by molar-refractivity contribution is 0.455. The van der Waals surface area contributed by atoms with Gasteiger partial charge in [0.15, 0.2) is 0 Å². The van der Waals surface area contributed by atoms with Gasteiger partial charge in [-0.1, -0.05) is 48.9 Å². The van der Waals surface area contributed by atoms with Gasteiger partial charge in [-0.2, -0.15) is 0 Å². The summed E-state index contributed by atoms with van der Waals surface area (Å²) in [5, 5.41) is 3.50. The van der Waals surface area contributed by atoms with Gasteiger partial charge < -0.3 is 5.32 Å². The summed E-state index contributed by atoms with van der Waals surface area (Å²) in [6.07, 6.45) is 8.47. The first-order valence-corrected chi connectivity index (χ1v) is 5.42.